The Labute approximate surface area is 86.8 Å². The fourth-order valence-corrected chi connectivity index (χ4v) is 1.18. The molecule has 0 atom stereocenters. The van der Waals surface area contributed by atoms with Crippen LogP contribution in [0.4, 0.5) is 5.82 Å². The second kappa shape index (κ2) is 4.50. The molecule has 6 nitrogen and oxygen atoms in total. The van der Waals surface area contributed by atoms with E-state index < -0.39 is 0 Å². The molecule has 0 fully saturated rings. The summed E-state index contributed by atoms with van der Waals surface area (Å²) in [7, 11) is 0. The Balaban J connectivity index is 1.86. The quantitative estimate of drug-likeness (QED) is 0.796. The largest absolute Gasteiger partial charge is 0.368 e. The van der Waals surface area contributed by atoms with Crippen molar-refractivity contribution in [1.82, 2.24) is 20.1 Å². The van der Waals surface area contributed by atoms with Crippen LogP contribution >= 0.6 is 0 Å². The van der Waals surface area contributed by atoms with Crippen LogP contribution in [0.1, 0.15) is 11.6 Å². The van der Waals surface area contributed by atoms with Crippen molar-refractivity contribution in [3.8, 4) is 0 Å². The normalized spacial score (nSPS) is 10.2. The number of nitrogens with zero attached hydrogens (tertiary/aromatic N) is 4. The molecule has 1 N–H and O–H groups in total. The molecule has 0 aliphatic rings. The van der Waals surface area contributed by atoms with Gasteiger partial charge in [-0.2, -0.15) is 4.98 Å². The third-order valence-electron chi connectivity index (χ3n) is 1.92. The topological polar surface area (TPSA) is 76.7 Å². The van der Waals surface area contributed by atoms with Crippen LogP contribution in [0.3, 0.4) is 0 Å². The van der Waals surface area contributed by atoms with E-state index in [-0.39, 0.29) is 0 Å². The van der Waals surface area contributed by atoms with E-state index in [1.54, 1.807) is 12.4 Å². The monoisotopic (exact) mass is 205 g/mol. The van der Waals surface area contributed by atoms with Gasteiger partial charge in [0.1, 0.15) is 5.82 Å². The number of hydrogen-bond donors (Lipinski definition) is 1. The molecule has 0 saturated carbocycles. The summed E-state index contributed by atoms with van der Waals surface area (Å²) >= 11 is 0. The SMILES string of the molecule is Cc1nccnc1NCCc1ncno1. The predicted molar refractivity (Wildman–Crippen MR) is 53.3 cm³/mol. The molecule has 0 aliphatic heterocycles. The fraction of sp³-hybridized carbons (Fsp3) is 0.333. The molecule has 78 valence electrons. The minimum Gasteiger partial charge on any atom is -0.368 e. The third-order valence-corrected chi connectivity index (χ3v) is 1.92. The standard InChI is InChI=1S/C9H11N5O/c1-7-9(12-5-4-10-7)11-3-2-8-13-6-14-15-8/h4-6H,2-3H2,1H3,(H,11,12). The van der Waals surface area contributed by atoms with Crippen LogP contribution in [0.5, 0.6) is 0 Å². The Morgan fingerprint density at radius 3 is 2.87 bits per heavy atom. The van der Waals surface area contributed by atoms with Gasteiger partial charge >= 0.3 is 0 Å². The Hall–Kier alpha value is -1.98. The van der Waals surface area contributed by atoms with Gasteiger partial charge in [-0.25, -0.2) is 4.98 Å². The van der Waals surface area contributed by atoms with Crippen molar-refractivity contribution in [3.63, 3.8) is 0 Å². The van der Waals surface area contributed by atoms with E-state index in [1.165, 1.54) is 6.33 Å². The van der Waals surface area contributed by atoms with E-state index in [0.29, 0.717) is 18.9 Å². The van der Waals surface area contributed by atoms with Crippen molar-refractivity contribution in [2.75, 3.05) is 11.9 Å². The lowest BCUT2D eigenvalue weighted by Crippen LogP contribution is -2.08. The first-order chi connectivity index (χ1) is 7.36. The molecule has 0 unspecified atom stereocenters. The van der Waals surface area contributed by atoms with Gasteiger partial charge in [-0.15, -0.1) is 0 Å². The maximum atomic E-state index is 4.86. The first-order valence-electron chi connectivity index (χ1n) is 4.63. The van der Waals surface area contributed by atoms with Crippen LogP contribution in [0.25, 0.3) is 0 Å². The van der Waals surface area contributed by atoms with E-state index in [0.717, 1.165) is 11.5 Å². The average Bonchev–Trinajstić information content (AvgIpc) is 2.74. The fourth-order valence-electron chi connectivity index (χ4n) is 1.18. The predicted octanol–water partition coefficient (Wildman–Crippen LogP) is 0.823. The van der Waals surface area contributed by atoms with Crippen molar-refractivity contribution in [3.05, 3.63) is 30.3 Å². The molecule has 6 heteroatoms. The molecule has 0 spiro atoms. The van der Waals surface area contributed by atoms with Crippen molar-refractivity contribution in [2.45, 2.75) is 13.3 Å². The van der Waals surface area contributed by atoms with E-state index >= 15 is 0 Å². The molecule has 2 rings (SSSR count). The lowest BCUT2D eigenvalue weighted by Gasteiger charge is -2.04. The van der Waals surface area contributed by atoms with Gasteiger partial charge in [0.15, 0.2) is 6.33 Å². The molecule has 2 aromatic heterocycles. The molecule has 2 aromatic rings. The first-order valence-corrected chi connectivity index (χ1v) is 4.63. The van der Waals surface area contributed by atoms with Crippen LogP contribution < -0.4 is 5.32 Å². The van der Waals surface area contributed by atoms with E-state index in [1.807, 2.05) is 6.92 Å². The van der Waals surface area contributed by atoms with Crippen LogP contribution in [-0.4, -0.2) is 26.7 Å². The van der Waals surface area contributed by atoms with Crippen LogP contribution in [0.2, 0.25) is 0 Å². The molecule has 0 bridgehead atoms. The number of hydrogen-bond acceptors (Lipinski definition) is 6. The lowest BCUT2D eigenvalue weighted by molar-refractivity contribution is 0.379. The molecular formula is C9H11N5O. The van der Waals surface area contributed by atoms with E-state index in [9.17, 15) is 0 Å². The minimum absolute atomic E-state index is 0.615. The zero-order chi connectivity index (χ0) is 10.5. The summed E-state index contributed by atoms with van der Waals surface area (Å²) in [6.45, 7) is 2.60. The highest BCUT2D eigenvalue weighted by Crippen LogP contribution is 2.05. The number of anilines is 1. The lowest BCUT2D eigenvalue weighted by atomic mass is 10.4. The first kappa shape index (κ1) is 9.57. The van der Waals surface area contributed by atoms with Crippen molar-refractivity contribution >= 4 is 5.82 Å². The second-order valence-corrected chi connectivity index (χ2v) is 3.00. The highest BCUT2D eigenvalue weighted by Gasteiger charge is 2.01. The molecule has 0 amide bonds. The van der Waals surface area contributed by atoms with Gasteiger partial charge in [-0.3, -0.25) is 4.98 Å². The summed E-state index contributed by atoms with van der Waals surface area (Å²) in [4.78, 5) is 12.2. The summed E-state index contributed by atoms with van der Waals surface area (Å²) in [5.41, 5.74) is 0.878. The average molecular weight is 205 g/mol. The summed E-state index contributed by atoms with van der Waals surface area (Å²) < 4.78 is 4.86. The maximum absolute atomic E-state index is 4.86. The highest BCUT2D eigenvalue weighted by atomic mass is 16.5. The van der Waals surface area contributed by atoms with Crippen molar-refractivity contribution < 1.29 is 4.52 Å². The Morgan fingerprint density at radius 2 is 2.13 bits per heavy atom. The van der Waals surface area contributed by atoms with E-state index in [4.69, 9.17) is 4.52 Å². The Bertz CT molecular complexity index is 414. The molecule has 0 aliphatic carbocycles. The Kier molecular flexibility index (Phi) is 2.87. The van der Waals surface area contributed by atoms with Gasteiger partial charge in [0.25, 0.3) is 0 Å². The van der Waals surface area contributed by atoms with Crippen LogP contribution in [0.15, 0.2) is 23.2 Å². The van der Waals surface area contributed by atoms with Crippen LogP contribution in [-0.2, 0) is 6.42 Å². The summed E-state index contributed by atoms with van der Waals surface area (Å²) in [5, 5.41) is 6.67. The highest BCUT2D eigenvalue weighted by molar-refractivity contribution is 5.38. The van der Waals surface area contributed by atoms with Crippen LogP contribution in [0, 0.1) is 6.92 Å². The zero-order valence-corrected chi connectivity index (χ0v) is 8.34. The molecule has 0 radical (unpaired) electrons. The van der Waals surface area contributed by atoms with E-state index in [2.05, 4.69) is 25.4 Å². The summed E-state index contributed by atoms with van der Waals surface area (Å²) in [6, 6.07) is 0. The summed E-state index contributed by atoms with van der Waals surface area (Å²) in [6.07, 6.45) is 5.39. The maximum Gasteiger partial charge on any atom is 0.228 e. The molecule has 2 heterocycles. The van der Waals surface area contributed by atoms with Crippen molar-refractivity contribution in [2.24, 2.45) is 0 Å². The van der Waals surface area contributed by atoms with Gasteiger partial charge in [-0.1, -0.05) is 5.16 Å². The number of rotatable bonds is 4. The zero-order valence-electron chi connectivity index (χ0n) is 8.34. The Morgan fingerprint density at radius 1 is 1.27 bits per heavy atom. The van der Waals surface area contributed by atoms with Gasteiger partial charge in [0.05, 0.1) is 5.69 Å². The van der Waals surface area contributed by atoms with Gasteiger partial charge < -0.3 is 9.84 Å². The molecule has 0 aromatic carbocycles. The molecule has 15 heavy (non-hydrogen) atoms. The minimum atomic E-state index is 0.615. The van der Waals surface area contributed by atoms with Gasteiger partial charge in [0.2, 0.25) is 5.89 Å². The molecule has 0 saturated heterocycles. The third kappa shape index (κ3) is 2.49. The number of aromatic nitrogens is 4. The molecular weight excluding hydrogens is 194 g/mol. The van der Waals surface area contributed by atoms with Crippen molar-refractivity contribution in [1.29, 1.82) is 0 Å². The van der Waals surface area contributed by atoms with Gasteiger partial charge in [-0.05, 0) is 6.92 Å². The number of nitrogens with one attached hydrogen (secondary N) is 1. The second-order valence-electron chi connectivity index (χ2n) is 3.00. The smallest absolute Gasteiger partial charge is 0.228 e. The summed E-state index contributed by atoms with van der Waals surface area (Å²) in [5.74, 6) is 1.40. The van der Waals surface area contributed by atoms with Gasteiger partial charge in [0, 0.05) is 25.4 Å². The number of aryl methyl sites for hydroxylation is 1.